The van der Waals surface area contributed by atoms with Crippen LogP contribution in [0, 0.1) is 6.92 Å². The van der Waals surface area contributed by atoms with Gasteiger partial charge >= 0.3 is 0 Å². The van der Waals surface area contributed by atoms with Crippen LogP contribution in [-0.4, -0.2) is 19.5 Å². The molecule has 21 heavy (non-hydrogen) atoms. The highest BCUT2D eigenvalue weighted by Crippen LogP contribution is 2.08. The Bertz CT molecular complexity index is 564. The first-order chi connectivity index (χ1) is 10.1. The van der Waals surface area contributed by atoms with E-state index in [1.165, 1.54) is 16.0 Å². The van der Waals surface area contributed by atoms with Crippen molar-refractivity contribution in [1.29, 1.82) is 0 Å². The minimum absolute atomic E-state index is 0.0752. The Morgan fingerprint density at radius 3 is 2.38 bits per heavy atom. The first-order valence-electron chi connectivity index (χ1n) is 7.35. The van der Waals surface area contributed by atoms with Crippen molar-refractivity contribution in [3.05, 3.63) is 65.7 Å². The van der Waals surface area contributed by atoms with Crippen LogP contribution in [0.2, 0.25) is 0 Å². The maximum Gasteiger partial charge on any atom is 0.230 e. The van der Waals surface area contributed by atoms with Crippen LogP contribution in [0.25, 0.3) is 0 Å². The van der Waals surface area contributed by atoms with Gasteiger partial charge in [-0.15, -0.1) is 0 Å². The van der Waals surface area contributed by atoms with Gasteiger partial charge in [0.2, 0.25) is 5.91 Å². The number of hydrogen-bond donors (Lipinski definition) is 2. The fraction of sp³-hybridized carbons (Fsp3) is 0.278. The van der Waals surface area contributed by atoms with Crippen molar-refractivity contribution in [2.45, 2.75) is 19.9 Å². The molecular formula is C18H23N2O+. The van der Waals surface area contributed by atoms with Gasteiger partial charge in [0.15, 0.2) is 0 Å². The molecule has 1 atom stereocenters. The smallest absolute Gasteiger partial charge is 0.230 e. The van der Waals surface area contributed by atoms with Crippen molar-refractivity contribution < 1.29 is 9.69 Å². The van der Waals surface area contributed by atoms with Gasteiger partial charge in [0, 0.05) is 11.3 Å². The van der Waals surface area contributed by atoms with Crippen molar-refractivity contribution in [3.8, 4) is 0 Å². The number of carbonyl (C=O) groups excluding carboxylic acids is 1. The number of benzene rings is 2. The lowest BCUT2D eigenvalue weighted by molar-refractivity contribution is -0.893. The number of nitrogens with one attached hydrogen (secondary N) is 2. The molecule has 2 rings (SSSR count). The third kappa shape index (κ3) is 5.40. The van der Waals surface area contributed by atoms with Gasteiger partial charge in [-0.25, -0.2) is 0 Å². The van der Waals surface area contributed by atoms with Gasteiger partial charge in [-0.1, -0.05) is 48.0 Å². The van der Waals surface area contributed by atoms with Gasteiger partial charge in [-0.3, -0.25) is 4.79 Å². The standard InChI is InChI=1S/C18H22N2O/c1-15-8-10-17(11-9-15)19-18(21)12-13-20(2)14-16-6-4-3-5-7-16/h3-11H,12-14H2,1-2H3,(H,19,21)/p+1. The minimum Gasteiger partial charge on any atom is -0.333 e. The largest absolute Gasteiger partial charge is 0.333 e. The second-order valence-electron chi connectivity index (χ2n) is 5.53. The maximum atomic E-state index is 11.9. The Hall–Kier alpha value is -2.13. The number of rotatable bonds is 6. The molecular weight excluding hydrogens is 260 g/mol. The summed E-state index contributed by atoms with van der Waals surface area (Å²) in [5.41, 5.74) is 3.36. The third-order valence-electron chi connectivity index (χ3n) is 3.46. The third-order valence-corrected chi connectivity index (χ3v) is 3.46. The molecule has 0 aliphatic heterocycles. The van der Waals surface area contributed by atoms with Crippen molar-refractivity contribution in [2.75, 3.05) is 18.9 Å². The van der Waals surface area contributed by atoms with Crippen molar-refractivity contribution in [3.63, 3.8) is 0 Å². The van der Waals surface area contributed by atoms with E-state index in [1.54, 1.807) is 0 Å². The highest BCUT2D eigenvalue weighted by atomic mass is 16.1. The molecule has 3 nitrogen and oxygen atoms in total. The molecule has 0 fully saturated rings. The fourth-order valence-electron chi connectivity index (χ4n) is 2.22. The summed E-state index contributed by atoms with van der Waals surface area (Å²) in [5, 5.41) is 2.94. The SMILES string of the molecule is Cc1ccc(NC(=O)CC[NH+](C)Cc2ccccc2)cc1. The molecule has 0 heterocycles. The lowest BCUT2D eigenvalue weighted by Gasteiger charge is -2.14. The number of anilines is 1. The number of quaternary nitrogens is 1. The summed E-state index contributed by atoms with van der Waals surface area (Å²) >= 11 is 0. The van der Waals surface area contributed by atoms with Crippen molar-refractivity contribution in [2.24, 2.45) is 0 Å². The normalized spacial score (nSPS) is 11.9. The lowest BCUT2D eigenvalue weighted by atomic mass is 10.2. The van der Waals surface area contributed by atoms with Crippen LogP contribution in [0.3, 0.4) is 0 Å². The first kappa shape index (κ1) is 15.3. The van der Waals surface area contributed by atoms with Crippen LogP contribution in [0.4, 0.5) is 5.69 Å². The Morgan fingerprint density at radius 2 is 1.71 bits per heavy atom. The molecule has 0 aliphatic rings. The van der Waals surface area contributed by atoms with Gasteiger partial charge in [-0.2, -0.15) is 0 Å². The average Bonchev–Trinajstić information content (AvgIpc) is 2.49. The molecule has 110 valence electrons. The van der Waals surface area contributed by atoms with Crippen LogP contribution in [0.5, 0.6) is 0 Å². The second kappa shape index (κ2) is 7.60. The number of aryl methyl sites for hydroxylation is 1. The highest BCUT2D eigenvalue weighted by molar-refractivity contribution is 5.90. The van der Waals surface area contributed by atoms with Crippen LogP contribution < -0.4 is 10.2 Å². The summed E-state index contributed by atoms with van der Waals surface area (Å²) in [6.45, 7) is 3.80. The summed E-state index contributed by atoms with van der Waals surface area (Å²) in [6, 6.07) is 18.2. The van der Waals surface area contributed by atoms with Crippen LogP contribution >= 0.6 is 0 Å². The Balaban J connectivity index is 1.74. The van der Waals surface area contributed by atoms with Gasteiger partial charge in [-0.05, 0) is 19.1 Å². The number of hydrogen-bond acceptors (Lipinski definition) is 1. The summed E-state index contributed by atoms with van der Waals surface area (Å²) in [4.78, 5) is 13.3. The summed E-state index contributed by atoms with van der Waals surface area (Å²) < 4.78 is 0. The monoisotopic (exact) mass is 283 g/mol. The van der Waals surface area contributed by atoms with Gasteiger partial charge in [0.25, 0.3) is 0 Å². The van der Waals surface area contributed by atoms with Gasteiger partial charge in [0.05, 0.1) is 20.0 Å². The molecule has 0 saturated heterocycles. The molecule has 3 heteroatoms. The zero-order valence-electron chi connectivity index (χ0n) is 12.7. The summed E-state index contributed by atoms with van der Waals surface area (Å²) in [5.74, 6) is 0.0752. The molecule has 2 aromatic carbocycles. The fourth-order valence-corrected chi connectivity index (χ4v) is 2.22. The highest BCUT2D eigenvalue weighted by Gasteiger charge is 2.08. The molecule has 0 aromatic heterocycles. The van der Waals surface area contributed by atoms with Crippen LogP contribution in [0.15, 0.2) is 54.6 Å². The molecule has 0 saturated carbocycles. The van der Waals surface area contributed by atoms with E-state index in [2.05, 4.69) is 24.5 Å². The number of amides is 1. The first-order valence-corrected chi connectivity index (χ1v) is 7.35. The Labute approximate surface area is 126 Å². The summed E-state index contributed by atoms with van der Waals surface area (Å²) in [6.07, 6.45) is 0.534. The Morgan fingerprint density at radius 1 is 1.05 bits per heavy atom. The second-order valence-corrected chi connectivity index (χ2v) is 5.53. The van der Waals surface area contributed by atoms with Gasteiger partial charge < -0.3 is 10.2 Å². The molecule has 2 N–H and O–H groups in total. The predicted octanol–water partition coefficient (Wildman–Crippen LogP) is 2.04. The molecule has 2 aromatic rings. The summed E-state index contributed by atoms with van der Waals surface area (Å²) in [7, 11) is 2.12. The average molecular weight is 283 g/mol. The van der Waals surface area contributed by atoms with Gasteiger partial charge in [0.1, 0.15) is 6.54 Å². The molecule has 0 spiro atoms. The van der Waals surface area contributed by atoms with Crippen molar-refractivity contribution >= 4 is 11.6 Å². The Kier molecular flexibility index (Phi) is 5.52. The predicted molar refractivity (Wildman–Crippen MR) is 86.3 cm³/mol. The molecule has 1 unspecified atom stereocenters. The molecule has 0 aliphatic carbocycles. The molecule has 1 amide bonds. The topological polar surface area (TPSA) is 33.5 Å². The zero-order valence-corrected chi connectivity index (χ0v) is 12.7. The molecule has 0 bridgehead atoms. The maximum absolute atomic E-state index is 11.9. The van der Waals surface area contributed by atoms with Crippen LogP contribution in [0.1, 0.15) is 17.5 Å². The van der Waals surface area contributed by atoms with E-state index in [0.717, 1.165) is 18.8 Å². The van der Waals surface area contributed by atoms with E-state index >= 15 is 0 Å². The quantitative estimate of drug-likeness (QED) is 0.836. The number of carbonyl (C=O) groups is 1. The van der Waals surface area contributed by atoms with E-state index in [-0.39, 0.29) is 5.91 Å². The van der Waals surface area contributed by atoms with E-state index in [1.807, 2.05) is 49.4 Å². The van der Waals surface area contributed by atoms with E-state index in [4.69, 9.17) is 0 Å². The van der Waals surface area contributed by atoms with Crippen molar-refractivity contribution in [1.82, 2.24) is 0 Å². The van der Waals surface area contributed by atoms with E-state index in [9.17, 15) is 4.79 Å². The van der Waals surface area contributed by atoms with E-state index < -0.39 is 0 Å². The minimum atomic E-state index is 0.0752. The van der Waals surface area contributed by atoms with E-state index in [0.29, 0.717) is 6.42 Å². The van der Waals surface area contributed by atoms with Crippen LogP contribution in [-0.2, 0) is 11.3 Å². The zero-order chi connectivity index (χ0) is 15.1. The molecule has 0 radical (unpaired) electrons. The lowest BCUT2D eigenvalue weighted by Crippen LogP contribution is -3.07.